The number of aliphatic hydroxyl groups is 1. The van der Waals surface area contributed by atoms with Crippen LogP contribution in [0, 0.1) is 0 Å². The van der Waals surface area contributed by atoms with Crippen LogP contribution in [0.2, 0.25) is 0 Å². The van der Waals surface area contributed by atoms with Crippen molar-refractivity contribution in [1.82, 2.24) is 4.90 Å². The van der Waals surface area contributed by atoms with Crippen LogP contribution < -0.4 is 0 Å². The molecule has 0 amide bonds. The Hall–Kier alpha value is -0.650. The summed E-state index contributed by atoms with van der Waals surface area (Å²) >= 11 is 0. The molecule has 18 heavy (non-hydrogen) atoms. The molecule has 2 rings (SSSR count). The molecular formula is C13H23NO4. The third-order valence-electron chi connectivity index (χ3n) is 3.75. The van der Waals surface area contributed by atoms with Gasteiger partial charge in [0, 0.05) is 19.1 Å². The Bertz CT molecular complexity index is 284. The van der Waals surface area contributed by atoms with Crippen LogP contribution in [0.5, 0.6) is 0 Å². The van der Waals surface area contributed by atoms with Gasteiger partial charge in [-0.2, -0.15) is 0 Å². The number of β-amino-alcohol motifs (C(OH)–C–C–N with tert-alkyl or cyclic N) is 1. The number of ether oxygens (including phenoxy) is 2. The van der Waals surface area contributed by atoms with Crippen LogP contribution in [0.25, 0.3) is 0 Å². The number of hydrogen-bond donors (Lipinski definition) is 1. The number of nitrogens with zero attached hydrogens (tertiary/aromatic N) is 1. The maximum absolute atomic E-state index is 11.3. The lowest BCUT2D eigenvalue weighted by atomic mass is 10.1. The Morgan fingerprint density at radius 3 is 3.17 bits per heavy atom. The van der Waals surface area contributed by atoms with Crippen LogP contribution in [-0.4, -0.2) is 60.5 Å². The van der Waals surface area contributed by atoms with E-state index in [-0.39, 0.29) is 12.4 Å². The zero-order chi connectivity index (χ0) is 13.0. The van der Waals surface area contributed by atoms with Gasteiger partial charge in [0.1, 0.15) is 0 Å². The number of morpholine rings is 1. The molecule has 0 radical (unpaired) electrons. The predicted octanol–water partition coefficient (Wildman–Crippen LogP) is 0.554. The van der Waals surface area contributed by atoms with E-state index in [1.807, 2.05) is 0 Å². The molecule has 0 spiro atoms. The molecule has 1 N–H and O–H groups in total. The van der Waals surface area contributed by atoms with Crippen molar-refractivity contribution in [2.75, 3.05) is 26.3 Å². The van der Waals surface area contributed by atoms with Crippen molar-refractivity contribution in [3.05, 3.63) is 0 Å². The van der Waals surface area contributed by atoms with E-state index in [1.54, 1.807) is 6.92 Å². The highest BCUT2D eigenvalue weighted by molar-refractivity contribution is 5.69. The summed E-state index contributed by atoms with van der Waals surface area (Å²) in [6, 6.07) is 0.426. The van der Waals surface area contributed by atoms with E-state index in [1.165, 1.54) is 6.42 Å². The second-order valence-electron chi connectivity index (χ2n) is 5.07. The van der Waals surface area contributed by atoms with Crippen molar-refractivity contribution >= 4 is 5.97 Å². The normalized spacial score (nSPS) is 29.9. The lowest BCUT2D eigenvalue weighted by Crippen LogP contribution is -2.51. The third-order valence-corrected chi connectivity index (χ3v) is 3.75. The molecule has 0 aromatic rings. The van der Waals surface area contributed by atoms with Gasteiger partial charge in [0.05, 0.1) is 31.8 Å². The van der Waals surface area contributed by atoms with E-state index in [0.717, 1.165) is 26.0 Å². The number of fused-ring (bicyclic) bond motifs is 1. The SMILES string of the molecule is CCOC(=O)CC(O)CN1CCOC2CCCC21. The molecule has 1 saturated heterocycles. The number of hydrogen-bond acceptors (Lipinski definition) is 5. The molecule has 1 aliphatic carbocycles. The minimum atomic E-state index is -0.636. The van der Waals surface area contributed by atoms with Crippen LogP contribution in [0.4, 0.5) is 0 Å². The second kappa shape index (κ2) is 6.50. The van der Waals surface area contributed by atoms with E-state index in [4.69, 9.17) is 9.47 Å². The number of carbonyl (C=O) groups is 1. The molecule has 1 heterocycles. The van der Waals surface area contributed by atoms with Gasteiger partial charge in [-0.3, -0.25) is 9.69 Å². The van der Waals surface area contributed by atoms with Crippen LogP contribution in [0.1, 0.15) is 32.6 Å². The molecule has 0 aromatic heterocycles. The second-order valence-corrected chi connectivity index (χ2v) is 5.07. The van der Waals surface area contributed by atoms with E-state index in [0.29, 0.717) is 25.3 Å². The molecule has 1 aliphatic heterocycles. The Morgan fingerprint density at radius 1 is 1.56 bits per heavy atom. The summed E-state index contributed by atoms with van der Waals surface area (Å²) in [5, 5.41) is 9.94. The molecule has 5 heteroatoms. The summed E-state index contributed by atoms with van der Waals surface area (Å²) in [5.41, 5.74) is 0. The van der Waals surface area contributed by atoms with Crippen molar-refractivity contribution in [3.8, 4) is 0 Å². The zero-order valence-electron chi connectivity index (χ0n) is 11.0. The highest BCUT2D eigenvalue weighted by Crippen LogP contribution is 2.29. The maximum Gasteiger partial charge on any atom is 0.308 e. The average molecular weight is 257 g/mol. The number of carbonyl (C=O) groups excluding carboxylic acids is 1. The van der Waals surface area contributed by atoms with Crippen LogP contribution in [0.15, 0.2) is 0 Å². The van der Waals surface area contributed by atoms with E-state index < -0.39 is 6.10 Å². The van der Waals surface area contributed by atoms with E-state index >= 15 is 0 Å². The number of esters is 1. The Kier molecular flexibility index (Phi) is 4.97. The van der Waals surface area contributed by atoms with Gasteiger partial charge in [-0.05, 0) is 26.2 Å². The monoisotopic (exact) mass is 257 g/mol. The first-order chi connectivity index (χ1) is 8.70. The lowest BCUT2D eigenvalue weighted by Gasteiger charge is -2.38. The van der Waals surface area contributed by atoms with Gasteiger partial charge < -0.3 is 14.6 Å². The fourth-order valence-electron chi connectivity index (χ4n) is 2.98. The van der Waals surface area contributed by atoms with Crippen molar-refractivity contribution in [3.63, 3.8) is 0 Å². The average Bonchev–Trinajstić information content (AvgIpc) is 2.78. The van der Waals surface area contributed by atoms with Gasteiger partial charge >= 0.3 is 5.97 Å². The van der Waals surface area contributed by atoms with Crippen LogP contribution >= 0.6 is 0 Å². The zero-order valence-corrected chi connectivity index (χ0v) is 11.0. The summed E-state index contributed by atoms with van der Waals surface area (Å²) in [7, 11) is 0. The molecular weight excluding hydrogens is 234 g/mol. The maximum atomic E-state index is 11.3. The topological polar surface area (TPSA) is 59.0 Å². The number of aliphatic hydroxyl groups excluding tert-OH is 1. The molecule has 1 saturated carbocycles. The number of rotatable bonds is 5. The van der Waals surface area contributed by atoms with E-state index in [2.05, 4.69) is 4.90 Å². The minimum absolute atomic E-state index is 0.0859. The summed E-state index contributed by atoms with van der Waals surface area (Å²) in [6.07, 6.45) is 3.23. The first kappa shape index (κ1) is 13.8. The third kappa shape index (κ3) is 3.43. The lowest BCUT2D eigenvalue weighted by molar-refractivity contribution is -0.146. The smallest absolute Gasteiger partial charge is 0.308 e. The largest absolute Gasteiger partial charge is 0.466 e. The molecule has 3 unspecified atom stereocenters. The standard InChI is InChI=1S/C13H23NO4/c1-2-17-13(16)8-10(15)9-14-6-7-18-12-5-3-4-11(12)14/h10-12,15H,2-9H2,1H3. The van der Waals surface area contributed by atoms with Gasteiger partial charge in [-0.15, -0.1) is 0 Å². The van der Waals surface area contributed by atoms with Crippen LogP contribution in [0.3, 0.4) is 0 Å². The Morgan fingerprint density at radius 2 is 2.39 bits per heavy atom. The van der Waals surface area contributed by atoms with Crippen molar-refractivity contribution in [2.45, 2.75) is 50.9 Å². The minimum Gasteiger partial charge on any atom is -0.466 e. The summed E-state index contributed by atoms with van der Waals surface area (Å²) in [6.45, 7) is 4.26. The highest BCUT2D eigenvalue weighted by Gasteiger charge is 2.36. The van der Waals surface area contributed by atoms with Gasteiger partial charge in [0.25, 0.3) is 0 Å². The van der Waals surface area contributed by atoms with Gasteiger partial charge in [-0.25, -0.2) is 0 Å². The molecule has 2 aliphatic rings. The fourth-order valence-corrected chi connectivity index (χ4v) is 2.98. The Labute approximate surface area is 108 Å². The van der Waals surface area contributed by atoms with Gasteiger partial charge in [0.2, 0.25) is 0 Å². The van der Waals surface area contributed by atoms with Gasteiger partial charge in [-0.1, -0.05) is 0 Å². The quantitative estimate of drug-likeness (QED) is 0.729. The first-order valence-corrected chi connectivity index (χ1v) is 6.90. The van der Waals surface area contributed by atoms with E-state index in [9.17, 15) is 9.90 Å². The van der Waals surface area contributed by atoms with Crippen LogP contribution in [-0.2, 0) is 14.3 Å². The Balaban J connectivity index is 1.79. The molecule has 3 atom stereocenters. The molecule has 0 bridgehead atoms. The van der Waals surface area contributed by atoms with Crippen molar-refractivity contribution < 1.29 is 19.4 Å². The summed E-state index contributed by atoms with van der Waals surface area (Å²) in [4.78, 5) is 13.6. The predicted molar refractivity (Wildman–Crippen MR) is 66.2 cm³/mol. The molecule has 104 valence electrons. The molecule has 0 aromatic carbocycles. The molecule has 2 fully saturated rings. The summed E-state index contributed by atoms with van der Waals surface area (Å²) < 4.78 is 10.6. The summed E-state index contributed by atoms with van der Waals surface area (Å²) in [5.74, 6) is -0.318. The highest BCUT2D eigenvalue weighted by atomic mass is 16.5. The van der Waals surface area contributed by atoms with Gasteiger partial charge in [0.15, 0.2) is 0 Å². The first-order valence-electron chi connectivity index (χ1n) is 6.90. The van der Waals surface area contributed by atoms with Crippen molar-refractivity contribution in [1.29, 1.82) is 0 Å². The van der Waals surface area contributed by atoms with Crippen molar-refractivity contribution in [2.24, 2.45) is 0 Å². The molecule has 5 nitrogen and oxygen atoms in total. The fraction of sp³-hybridized carbons (Fsp3) is 0.923.